The minimum atomic E-state index is -1.59. The van der Waals surface area contributed by atoms with Crippen LogP contribution in [0.3, 0.4) is 0 Å². The van der Waals surface area contributed by atoms with Crippen LogP contribution < -0.4 is 10.1 Å². The molecule has 4 heteroatoms. The summed E-state index contributed by atoms with van der Waals surface area (Å²) in [6.45, 7) is 7.29. The molecule has 11 rings (SSSR count). The van der Waals surface area contributed by atoms with Gasteiger partial charge in [0.15, 0.2) is 0 Å². The van der Waals surface area contributed by atoms with Crippen LogP contribution in [0, 0.1) is 17.1 Å². The molecule has 0 atom stereocenters. The molecule has 0 saturated heterocycles. The maximum Gasteiger partial charge on any atom is 0.148 e. The van der Waals surface area contributed by atoms with Gasteiger partial charge in [-0.15, -0.1) is 0 Å². The average molecular weight is 917 g/mol. The van der Waals surface area contributed by atoms with Gasteiger partial charge in [-0.1, -0.05) is 219 Å². The molecule has 0 unspecified atom stereocenters. The number of anilines is 3. The van der Waals surface area contributed by atoms with Crippen molar-refractivity contribution in [1.29, 1.82) is 5.26 Å². The largest absolute Gasteiger partial charge is 0.307 e. The number of hydrogen-bond acceptors (Lipinski definition) is 2. The fourth-order valence-electron chi connectivity index (χ4n) is 10.1. The molecular weight excluding hydrogens is 868 g/mol. The lowest BCUT2D eigenvalue weighted by Gasteiger charge is -2.29. The van der Waals surface area contributed by atoms with Gasteiger partial charge in [-0.2, -0.15) is 5.26 Å². The van der Waals surface area contributed by atoms with Crippen molar-refractivity contribution in [3.63, 3.8) is 0 Å². The number of nitrogens with zero attached hydrogens (tertiary/aromatic N) is 2. The standard InChI is InChI=1S/C66H49FN2Si/c1-70(2,3)63-41-40-60(54-20-10-11-21-55(54)63)65-58-24-14-12-22-56(58)64(57-23-13-15-25-59(57)65)50-34-28-45(29-35-50)26-27-46-30-36-52(37-31-46)69(53-38-32-47(44-68)33-39-53)66-61(49-18-8-5-9-19-49)42-51(43-62(66)67)48-16-6-4-7-17-48/h4-43H,1-3H3. The van der Waals surface area contributed by atoms with Gasteiger partial charge in [0, 0.05) is 16.9 Å². The van der Waals surface area contributed by atoms with Crippen molar-refractivity contribution in [3.05, 3.63) is 253 Å². The highest BCUT2D eigenvalue weighted by Crippen LogP contribution is 2.47. The topological polar surface area (TPSA) is 27.0 Å². The first kappa shape index (κ1) is 43.9. The smallest absolute Gasteiger partial charge is 0.148 e. The Kier molecular flexibility index (Phi) is 11.6. The van der Waals surface area contributed by atoms with Gasteiger partial charge in [-0.25, -0.2) is 4.39 Å². The zero-order valence-electron chi connectivity index (χ0n) is 39.4. The minimum Gasteiger partial charge on any atom is -0.307 e. The molecule has 0 radical (unpaired) electrons. The number of rotatable bonds is 10. The predicted molar refractivity (Wildman–Crippen MR) is 298 cm³/mol. The first-order chi connectivity index (χ1) is 34.2. The summed E-state index contributed by atoms with van der Waals surface area (Å²) in [4.78, 5) is 1.95. The third-order valence-corrected chi connectivity index (χ3v) is 15.5. The number of hydrogen-bond donors (Lipinski definition) is 0. The summed E-state index contributed by atoms with van der Waals surface area (Å²) < 4.78 is 17.0. The van der Waals surface area contributed by atoms with E-state index in [4.69, 9.17) is 0 Å². The Bertz CT molecular complexity index is 3730. The zero-order valence-corrected chi connectivity index (χ0v) is 40.4. The Morgan fingerprint density at radius 2 is 0.886 bits per heavy atom. The molecule has 0 heterocycles. The van der Waals surface area contributed by atoms with Crippen molar-refractivity contribution in [2.24, 2.45) is 0 Å². The van der Waals surface area contributed by atoms with Crippen molar-refractivity contribution in [3.8, 4) is 50.6 Å². The maximum atomic E-state index is 17.0. The van der Waals surface area contributed by atoms with E-state index in [0.29, 0.717) is 11.3 Å². The van der Waals surface area contributed by atoms with Gasteiger partial charge in [-0.3, -0.25) is 0 Å². The molecule has 334 valence electrons. The molecule has 0 amide bonds. The lowest BCUT2D eigenvalue weighted by atomic mass is 9.84. The van der Waals surface area contributed by atoms with Crippen LogP contribution in [0.2, 0.25) is 19.6 Å². The Hall–Kier alpha value is -8.62. The highest BCUT2D eigenvalue weighted by atomic mass is 28.3. The van der Waals surface area contributed by atoms with Gasteiger partial charge in [0.05, 0.1) is 25.4 Å². The molecule has 70 heavy (non-hydrogen) atoms. The van der Waals surface area contributed by atoms with Crippen molar-refractivity contribution in [2.45, 2.75) is 19.6 Å². The first-order valence-corrected chi connectivity index (χ1v) is 27.3. The van der Waals surface area contributed by atoms with E-state index in [2.05, 4.69) is 165 Å². The molecule has 11 aromatic carbocycles. The van der Waals surface area contributed by atoms with Crippen LogP contribution >= 0.6 is 0 Å². The molecule has 0 saturated carbocycles. The van der Waals surface area contributed by atoms with E-state index in [-0.39, 0.29) is 5.82 Å². The SMILES string of the molecule is C[Si](C)(C)c1ccc(-c2c3ccccc3c(-c3ccc(C=Cc4ccc(N(c5ccc(C#N)cc5)c5c(F)cc(-c6ccccc6)cc5-c5ccccc5)cc4)cc3)c3ccccc23)c2ccccc12. The summed E-state index contributed by atoms with van der Waals surface area (Å²) in [5.41, 5.74) is 12.9. The van der Waals surface area contributed by atoms with Gasteiger partial charge < -0.3 is 4.90 Å². The van der Waals surface area contributed by atoms with E-state index >= 15 is 4.39 Å². The normalized spacial score (nSPS) is 11.6. The number of benzene rings is 11. The second-order valence-corrected chi connectivity index (χ2v) is 24.0. The number of fused-ring (bicyclic) bond motifs is 3. The third kappa shape index (κ3) is 8.27. The van der Waals surface area contributed by atoms with E-state index in [1.165, 1.54) is 59.8 Å². The summed E-state index contributed by atoms with van der Waals surface area (Å²) in [6.07, 6.45) is 4.26. The molecule has 0 spiro atoms. The fourth-order valence-corrected chi connectivity index (χ4v) is 11.8. The molecule has 0 aliphatic rings. The van der Waals surface area contributed by atoms with Crippen LogP contribution in [-0.4, -0.2) is 8.07 Å². The van der Waals surface area contributed by atoms with Crippen LogP contribution in [0.5, 0.6) is 0 Å². The molecule has 0 N–H and O–H groups in total. The summed E-state index contributed by atoms with van der Waals surface area (Å²) >= 11 is 0. The van der Waals surface area contributed by atoms with Gasteiger partial charge in [-0.05, 0) is 131 Å². The van der Waals surface area contributed by atoms with Crippen molar-refractivity contribution in [1.82, 2.24) is 0 Å². The summed E-state index contributed by atoms with van der Waals surface area (Å²) in [5.74, 6) is -0.352. The molecule has 0 fully saturated rings. The molecule has 0 aromatic heterocycles. The Labute approximate surface area is 410 Å². The van der Waals surface area contributed by atoms with E-state index in [1.807, 2.05) is 89.8 Å². The highest BCUT2D eigenvalue weighted by molar-refractivity contribution is 6.90. The van der Waals surface area contributed by atoms with Crippen molar-refractivity contribution >= 4 is 74.8 Å². The van der Waals surface area contributed by atoms with Crippen LogP contribution in [0.15, 0.2) is 231 Å². The fraction of sp³-hybridized carbons (Fsp3) is 0.0455. The number of halogens is 1. The van der Waals surface area contributed by atoms with E-state index in [9.17, 15) is 5.26 Å². The first-order valence-electron chi connectivity index (χ1n) is 23.8. The van der Waals surface area contributed by atoms with Crippen LogP contribution in [0.1, 0.15) is 16.7 Å². The van der Waals surface area contributed by atoms with Crippen LogP contribution in [0.4, 0.5) is 21.5 Å². The third-order valence-electron chi connectivity index (χ3n) is 13.5. The molecule has 0 bridgehead atoms. The van der Waals surface area contributed by atoms with Crippen molar-refractivity contribution < 1.29 is 4.39 Å². The summed E-state index contributed by atoms with van der Waals surface area (Å²) in [6, 6.07) is 81.6. The quantitative estimate of drug-likeness (QED) is 0.0776. The molecular formula is C66H49FN2Si. The van der Waals surface area contributed by atoms with E-state index in [1.54, 1.807) is 18.2 Å². The maximum absolute atomic E-state index is 17.0. The summed E-state index contributed by atoms with van der Waals surface area (Å²) in [7, 11) is -1.59. The molecule has 0 aliphatic carbocycles. The highest BCUT2D eigenvalue weighted by Gasteiger charge is 2.25. The second-order valence-electron chi connectivity index (χ2n) is 18.9. The lowest BCUT2D eigenvalue weighted by molar-refractivity contribution is 0.630. The van der Waals surface area contributed by atoms with Crippen LogP contribution in [0.25, 0.3) is 89.0 Å². The van der Waals surface area contributed by atoms with Gasteiger partial charge in [0.2, 0.25) is 0 Å². The van der Waals surface area contributed by atoms with E-state index < -0.39 is 8.07 Å². The summed E-state index contributed by atoms with van der Waals surface area (Å²) in [5, 5.41) is 18.8. The monoisotopic (exact) mass is 916 g/mol. The molecule has 11 aromatic rings. The minimum absolute atomic E-state index is 0.352. The van der Waals surface area contributed by atoms with Gasteiger partial charge in [0.25, 0.3) is 0 Å². The molecule has 2 nitrogen and oxygen atoms in total. The Balaban J connectivity index is 0.944. The number of nitriles is 1. The van der Waals surface area contributed by atoms with Crippen LogP contribution in [-0.2, 0) is 0 Å². The Morgan fingerprint density at radius 3 is 1.43 bits per heavy atom. The Morgan fingerprint density at radius 1 is 0.414 bits per heavy atom. The predicted octanol–water partition coefficient (Wildman–Crippen LogP) is 18.0. The van der Waals surface area contributed by atoms with Gasteiger partial charge >= 0.3 is 0 Å². The zero-order chi connectivity index (χ0) is 47.8. The lowest BCUT2D eigenvalue weighted by Crippen LogP contribution is -2.38. The van der Waals surface area contributed by atoms with E-state index in [0.717, 1.165) is 44.8 Å². The van der Waals surface area contributed by atoms with Crippen molar-refractivity contribution in [2.75, 3.05) is 4.90 Å². The van der Waals surface area contributed by atoms with Gasteiger partial charge in [0.1, 0.15) is 5.82 Å². The second kappa shape index (κ2) is 18.5. The average Bonchev–Trinajstić information content (AvgIpc) is 3.40. The molecule has 0 aliphatic heterocycles.